The van der Waals surface area contributed by atoms with Crippen molar-refractivity contribution in [3.63, 3.8) is 0 Å². The molecule has 82 valence electrons. The standard InChI is InChI=1S/C11H9ClN2O2/c12-10-4-2-1-3-8(10)6-14-7-9(5-13-14)11(15)16/h1-5,7H,6H2,(H,15,16). The highest BCUT2D eigenvalue weighted by atomic mass is 35.5. The topological polar surface area (TPSA) is 55.1 Å². The average Bonchev–Trinajstić information content (AvgIpc) is 2.70. The summed E-state index contributed by atoms with van der Waals surface area (Å²) in [5.74, 6) is -0.981. The first kappa shape index (κ1) is 10.7. The summed E-state index contributed by atoms with van der Waals surface area (Å²) in [4.78, 5) is 10.7. The number of aromatic carboxylic acids is 1. The summed E-state index contributed by atoms with van der Waals surface area (Å²) < 4.78 is 1.55. The Hall–Kier alpha value is -1.81. The van der Waals surface area contributed by atoms with Crippen LogP contribution in [-0.4, -0.2) is 20.9 Å². The van der Waals surface area contributed by atoms with Crippen LogP contribution >= 0.6 is 11.6 Å². The predicted molar refractivity (Wildman–Crippen MR) is 59.7 cm³/mol. The van der Waals surface area contributed by atoms with Crippen molar-refractivity contribution < 1.29 is 9.90 Å². The molecule has 0 spiro atoms. The van der Waals surface area contributed by atoms with Crippen LogP contribution in [0.25, 0.3) is 0 Å². The van der Waals surface area contributed by atoms with Crippen molar-refractivity contribution in [3.05, 3.63) is 52.8 Å². The van der Waals surface area contributed by atoms with Crippen LogP contribution in [0.4, 0.5) is 0 Å². The number of carbonyl (C=O) groups is 1. The van der Waals surface area contributed by atoms with Gasteiger partial charge in [0.2, 0.25) is 0 Å². The average molecular weight is 237 g/mol. The van der Waals surface area contributed by atoms with Gasteiger partial charge in [-0.25, -0.2) is 4.79 Å². The van der Waals surface area contributed by atoms with Gasteiger partial charge in [-0.2, -0.15) is 5.10 Å². The quantitative estimate of drug-likeness (QED) is 0.890. The van der Waals surface area contributed by atoms with Crippen molar-refractivity contribution in [1.82, 2.24) is 9.78 Å². The van der Waals surface area contributed by atoms with Gasteiger partial charge in [-0.15, -0.1) is 0 Å². The maximum atomic E-state index is 10.7. The summed E-state index contributed by atoms with van der Waals surface area (Å²) in [5.41, 5.74) is 1.08. The minimum absolute atomic E-state index is 0.173. The zero-order valence-corrected chi connectivity index (χ0v) is 9.05. The molecule has 0 aliphatic rings. The molecule has 0 amide bonds. The molecule has 0 radical (unpaired) electrons. The van der Waals surface area contributed by atoms with Crippen LogP contribution in [0.3, 0.4) is 0 Å². The van der Waals surface area contributed by atoms with Crippen LogP contribution < -0.4 is 0 Å². The van der Waals surface area contributed by atoms with Crippen molar-refractivity contribution >= 4 is 17.6 Å². The number of carboxylic acids is 1. The highest BCUT2D eigenvalue weighted by Crippen LogP contribution is 2.15. The molecule has 0 aliphatic carbocycles. The van der Waals surface area contributed by atoms with Crippen molar-refractivity contribution in [1.29, 1.82) is 0 Å². The summed E-state index contributed by atoms with van der Waals surface area (Å²) in [6.45, 7) is 0.465. The zero-order chi connectivity index (χ0) is 11.5. The second-order valence-corrected chi connectivity index (χ2v) is 3.73. The van der Waals surface area contributed by atoms with Gasteiger partial charge < -0.3 is 5.11 Å². The number of hydrogen-bond donors (Lipinski definition) is 1. The van der Waals surface area contributed by atoms with E-state index >= 15 is 0 Å². The van der Waals surface area contributed by atoms with E-state index in [9.17, 15) is 4.79 Å². The first-order chi connectivity index (χ1) is 7.66. The van der Waals surface area contributed by atoms with Crippen molar-refractivity contribution in [2.45, 2.75) is 6.54 Å². The molecule has 2 rings (SSSR count). The van der Waals surface area contributed by atoms with Gasteiger partial charge in [-0.05, 0) is 11.6 Å². The summed E-state index contributed by atoms with van der Waals surface area (Å²) in [6, 6.07) is 7.39. The lowest BCUT2D eigenvalue weighted by Crippen LogP contribution is -2.00. The number of hydrogen-bond acceptors (Lipinski definition) is 2. The first-order valence-corrected chi connectivity index (χ1v) is 5.04. The van der Waals surface area contributed by atoms with Crippen LogP contribution in [0.1, 0.15) is 15.9 Å². The van der Waals surface area contributed by atoms with Crippen LogP contribution in [0.2, 0.25) is 5.02 Å². The Bertz CT molecular complexity index is 522. The van der Waals surface area contributed by atoms with E-state index in [1.54, 1.807) is 10.7 Å². The van der Waals surface area contributed by atoms with Gasteiger partial charge in [0, 0.05) is 11.2 Å². The SMILES string of the molecule is O=C(O)c1cnn(Cc2ccccc2Cl)c1. The molecule has 4 nitrogen and oxygen atoms in total. The molecule has 1 heterocycles. The van der Waals surface area contributed by atoms with E-state index in [0.717, 1.165) is 5.56 Å². The molecule has 0 saturated heterocycles. The van der Waals surface area contributed by atoms with Crippen LogP contribution in [-0.2, 0) is 6.54 Å². The van der Waals surface area contributed by atoms with Crippen molar-refractivity contribution in [2.75, 3.05) is 0 Å². The normalized spacial score (nSPS) is 10.3. The summed E-state index contributed by atoms with van der Waals surface area (Å²) in [7, 11) is 0. The van der Waals surface area contributed by atoms with Gasteiger partial charge in [0.25, 0.3) is 0 Å². The Balaban J connectivity index is 2.21. The second kappa shape index (κ2) is 4.37. The number of aromatic nitrogens is 2. The Morgan fingerprint density at radius 2 is 2.19 bits per heavy atom. The number of halogens is 1. The Morgan fingerprint density at radius 3 is 2.81 bits per heavy atom. The molecule has 1 aromatic heterocycles. The molecule has 0 unspecified atom stereocenters. The smallest absolute Gasteiger partial charge is 0.338 e. The lowest BCUT2D eigenvalue weighted by atomic mass is 10.2. The Morgan fingerprint density at radius 1 is 1.44 bits per heavy atom. The van der Waals surface area contributed by atoms with Gasteiger partial charge in [-0.3, -0.25) is 4.68 Å². The third-order valence-electron chi connectivity index (χ3n) is 2.17. The highest BCUT2D eigenvalue weighted by molar-refractivity contribution is 6.31. The molecule has 1 aromatic carbocycles. The van der Waals surface area contributed by atoms with Gasteiger partial charge in [-0.1, -0.05) is 29.8 Å². The summed E-state index contributed by atoms with van der Waals surface area (Å²) in [5, 5.41) is 13.3. The third kappa shape index (κ3) is 2.23. The molecule has 0 saturated carbocycles. The molecule has 5 heteroatoms. The number of carboxylic acid groups (broad SMARTS) is 1. The van der Waals surface area contributed by atoms with Crippen molar-refractivity contribution in [2.24, 2.45) is 0 Å². The lowest BCUT2D eigenvalue weighted by molar-refractivity contribution is 0.0697. The summed E-state index contributed by atoms with van der Waals surface area (Å²) in [6.07, 6.45) is 2.80. The number of nitrogens with zero attached hydrogens (tertiary/aromatic N) is 2. The largest absolute Gasteiger partial charge is 0.478 e. The molecule has 0 atom stereocenters. The predicted octanol–water partition coefficient (Wildman–Crippen LogP) is 2.28. The molecule has 2 aromatic rings. The van der Waals surface area contributed by atoms with E-state index < -0.39 is 5.97 Å². The maximum absolute atomic E-state index is 10.7. The van der Waals surface area contributed by atoms with E-state index in [-0.39, 0.29) is 5.56 Å². The van der Waals surface area contributed by atoms with Gasteiger partial charge in [0.15, 0.2) is 0 Å². The van der Waals surface area contributed by atoms with Gasteiger partial charge >= 0.3 is 5.97 Å². The monoisotopic (exact) mass is 236 g/mol. The van der Waals surface area contributed by atoms with E-state index in [2.05, 4.69) is 5.10 Å². The third-order valence-corrected chi connectivity index (χ3v) is 2.54. The first-order valence-electron chi connectivity index (χ1n) is 4.66. The van der Waals surface area contributed by atoms with E-state index in [0.29, 0.717) is 11.6 Å². The lowest BCUT2D eigenvalue weighted by Gasteiger charge is -2.03. The molecule has 0 fully saturated rings. The number of rotatable bonds is 3. The van der Waals surface area contributed by atoms with Crippen LogP contribution in [0.5, 0.6) is 0 Å². The van der Waals surface area contributed by atoms with E-state index in [1.807, 2.05) is 18.2 Å². The van der Waals surface area contributed by atoms with E-state index in [4.69, 9.17) is 16.7 Å². The molecular formula is C11H9ClN2O2. The van der Waals surface area contributed by atoms with E-state index in [1.165, 1.54) is 12.4 Å². The molecule has 0 bridgehead atoms. The molecule has 16 heavy (non-hydrogen) atoms. The van der Waals surface area contributed by atoms with Crippen LogP contribution in [0, 0.1) is 0 Å². The Kier molecular flexibility index (Phi) is 2.92. The Labute approximate surface area is 97.1 Å². The summed E-state index contributed by atoms with van der Waals surface area (Å²) >= 11 is 5.99. The fourth-order valence-corrected chi connectivity index (χ4v) is 1.56. The molecule has 0 aliphatic heterocycles. The fourth-order valence-electron chi connectivity index (χ4n) is 1.36. The second-order valence-electron chi connectivity index (χ2n) is 3.32. The molecule has 1 N–H and O–H groups in total. The zero-order valence-electron chi connectivity index (χ0n) is 8.30. The number of benzene rings is 1. The molecular weight excluding hydrogens is 228 g/mol. The van der Waals surface area contributed by atoms with Crippen LogP contribution in [0.15, 0.2) is 36.7 Å². The minimum Gasteiger partial charge on any atom is -0.478 e. The van der Waals surface area contributed by atoms with Gasteiger partial charge in [0.1, 0.15) is 0 Å². The van der Waals surface area contributed by atoms with Gasteiger partial charge in [0.05, 0.1) is 18.3 Å². The fraction of sp³-hybridized carbons (Fsp3) is 0.0909. The maximum Gasteiger partial charge on any atom is 0.338 e. The highest BCUT2D eigenvalue weighted by Gasteiger charge is 2.07. The minimum atomic E-state index is -0.981. The van der Waals surface area contributed by atoms with Crippen molar-refractivity contribution in [3.8, 4) is 0 Å².